The topological polar surface area (TPSA) is 61.8 Å². The Morgan fingerprint density at radius 3 is 2.07 bits per heavy atom. The van der Waals surface area contributed by atoms with Gasteiger partial charge in [0.15, 0.2) is 0 Å². The minimum Gasteiger partial charge on any atom is -0.327 e. The minimum absolute atomic E-state index is 0.156. The fourth-order valence-electron chi connectivity index (χ4n) is 0.799. The number of allylic oxidation sites excluding steroid dienone is 1. The van der Waals surface area contributed by atoms with E-state index in [-0.39, 0.29) is 6.16 Å². The molecule has 0 aliphatic rings. The van der Waals surface area contributed by atoms with Gasteiger partial charge in [0.1, 0.15) is 0 Å². The highest BCUT2D eigenvalue weighted by Crippen LogP contribution is 2.30. The van der Waals surface area contributed by atoms with E-state index in [1.165, 1.54) is 21.3 Å². The average molecular weight is 221 g/mol. The summed E-state index contributed by atoms with van der Waals surface area (Å²) in [6.45, 7) is 3.23. The van der Waals surface area contributed by atoms with E-state index in [9.17, 15) is 9.36 Å². The second-order valence-corrected chi connectivity index (χ2v) is 3.89. The fourth-order valence-corrected chi connectivity index (χ4v) is 1.90. The van der Waals surface area contributed by atoms with Gasteiger partial charge in [-0.2, -0.15) is 0 Å². The Morgan fingerprint density at radius 1 is 1.36 bits per heavy atom. The normalized spacial score (nSPS) is 12.4. The van der Waals surface area contributed by atoms with Gasteiger partial charge in [-0.05, 0) is 0 Å². The molecule has 0 radical (unpaired) electrons. The van der Waals surface area contributed by atoms with Gasteiger partial charge in [-0.1, -0.05) is 11.1 Å². The molecule has 6 heteroatoms. The zero-order chi connectivity index (χ0) is 11.2. The third-order valence-corrected chi connectivity index (χ3v) is 3.04. The SMILES string of the molecule is C=CC(=O)[P+](=O)CC(OC)(OC)OC. The van der Waals surface area contributed by atoms with Crippen molar-refractivity contribution < 1.29 is 23.6 Å². The number of hydrogen-bond donors (Lipinski definition) is 0. The van der Waals surface area contributed by atoms with E-state index >= 15 is 0 Å². The lowest BCUT2D eigenvalue weighted by molar-refractivity contribution is -0.337. The van der Waals surface area contributed by atoms with E-state index in [0.29, 0.717) is 0 Å². The predicted molar refractivity (Wildman–Crippen MR) is 51.4 cm³/mol. The standard InChI is InChI=1S/C8H14O5P/c1-5-7(9)14(10)6-8(11-2,12-3)13-4/h5H,1,6H2,2-4H3/q+1. The van der Waals surface area contributed by atoms with Crippen LogP contribution in [0.25, 0.3) is 0 Å². The Labute approximate surface area is 83.8 Å². The van der Waals surface area contributed by atoms with Crippen molar-refractivity contribution in [2.45, 2.75) is 5.97 Å². The molecule has 5 nitrogen and oxygen atoms in total. The predicted octanol–water partition coefficient (Wildman–Crippen LogP) is 1.12. The van der Waals surface area contributed by atoms with Crippen molar-refractivity contribution in [1.82, 2.24) is 0 Å². The maximum atomic E-state index is 11.4. The van der Waals surface area contributed by atoms with Gasteiger partial charge in [-0.15, -0.1) is 0 Å². The van der Waals surface area contributed by atoms with Crippen LogP contribution in [-0.4, -0.2) is 39.0 Å². The lowest BCUT2D eigenvalue weighted by Gasteiger charge is -2.23. The first-order valence-electron chi connectivity index (χ1n) is 3.81. The molecule has 0 aromatic carbocycles. The highest BCUT2D eigenvalue weighted by atomic mass is 31.1. The van der Waals surface area contributed by atoms with Crippen LogP contribution >= 0.6 is 7.80 Å². The van der Waals surface area contributed by atoms with E-state index in [2.05, 4.69) is 6.58 Å². The smallest absolute Gasteiger partial charge is 0.327 e. The quantitative estimate of drug-likeness (QED) is 0.366. The third-order valence-electron chi connectivity index (χ3n) is 1.69. The highest BCUT2D eigenvalue weighted by molar-refractivity contribution is 7.64. The van der Waals surface area contributed by atoms with Crippen LogP contribution in [0.15, 0.2) is 12.7 Å². The molecule has 0 N–H and O–H groups in total. The Balaban J connectivity index is 4.52. The summed E-state index contributed by atoms with van der Waals surface area (Å²) in [6.07, 6.45) is 0.848. The Kier molecular flexibility index (Phi) is 5.72. The summed E-state index contributed by atoms with van der Waals surface area (Å²) in [6, 6.07) is 0. The van der Waals surface area contributed by atoms with Crippen molar-refractivity contribution in [3.63, 3.8) is 0 Å². The first kappa shape index (κ1) is 13.4. The molecule has 0 aliphatic carbocycles. The number of carbonyl (C=O) groups is 1. The molecule has 1 unspecified atom stereocenters. The number of methoxy groups -OCH3 is 3. The lowest BCUT2D eigenvalue weighted by Crippen LogP contribution is -2.39. The van der Waals surface area contributed by atoms with Crippen LogP contribution in [0.4, 0.5) is 0 Å². The summed E-state index contributed by atoms with van der Waals surface area (Å²) in [5, 5.41) is 0. The van der Waals surface area contributed by atoms with Crippen molar-refractivity contribution in [3.8, 4) is 0 Å². The highest BCUT2D eigenvalue weighted by Gasteiger charge is 2.43. The molecule has 0 fully saturated rings. The molecule has 0 heterocycles. The molecule has 0 aromatic heterocycles. The average Bonchev–Trinajstić information content (AvgIpc) is 2.24. The second-order valence-electron chi connectivity index (χ2n) is 2.37. The van der Waals surface area contributed by atoms with Gasteiger partial charge >= 0.3 is 19.3 Å². The molecular formula is C8H14O5P+. The van der Waals surface area contributed by atoms with Gasteiger partial charge in [0.05, 0.1) is 0 Å². The largest absolute Gasteiger partial charge is 0.428 e. The number of rotatable bonds is 7. The monoisotopic (exact) mass is 221 g/mol. The van der Waals surface area contributed by atoms with Gasteiger partial charge in [0, 0.05) is 27.4 Å². The molecular weight excluding hydrogens is 207 g/mol. The van der Waals surface area contributed by atoms with Crippen LogP contribution in [0.1, 0.15) is 0 Å². The summed E-state index contributed by atoms with van der Waals surface area (Å²) in [5.41, 5.74) is -0.546. The van der Waals surface area contributed by atoms with Gasteiger partial charge in [0.25, 0.3) is 0 Å². The maximum Gasteiger partial charge on any atom is 0.428 e. The van der Waals surface area contributed by atoms with Crippen LogP contribution in [0, 0.1) is 0 Å². The molecule has 1 atom stereocenters. The van der Waals surface area contributed by atoms with E-state index in [4.69, 9.17) is 14.2 Å². The fraction of sp³-hybridized carbons (Fsp3) is 0.625. The summed E-state index contributed by atoms with van der Waals surface area (Å²) >= 11 is 0. The van der Waals surface area contributed by atoms with Crippen molar-refractivity contribution >= 4 is 13.3 Å². The van der Waals surface area contributed by atoms with E-state index < -0.39 is 19.3 Å². The molecule has 14 heavy (non-hydrogen) atoms. The molecule has 0 aliphatic heterocycles. The third kappa shape index (κ3) is 3.27. The van der Waals surface area contributed by atoms with Gasteiger partial charge in [0.2, 0.25) is 6.16 Å². The first-order valence-corrected chi connectivity index (χ1v) is 5.26. The maximum absolute atomic E-state index is 11.4. The van der Waals surface area contributed by atoms with E-state index in [1.54, 1.807) is 0 Å². The van der Waals surface area contributed by atoms with Gasteiger partial charge < -0.3 is 14.2 Å². The molecule has 0 rings (SSSR count). The Bertz CT molecular complexity index is 226. The summed E-state index contributed by atoms with van der Waals surface area (Å²) < 4.78 is 26.0. The number of ether oxygens (including phenoxy) is 3. The number of hydrogen-bond acceptors (Lipinski definition) is 5. The van der Waals surface area contributed by atoms with Crippen LogP contribution < -0.4 is 0 Å². The summed E-state index contributed by atoms with van der Waals surface area (Å²) in [5.74, 6) is -1.42. The molecule has 0 amide bonds. The molecule has 0 bridgehead atoms. The van der Waals surface area contributed by atoms with Gasteiger partial charge in [-0.3, -0.25) is 0 Å². The zero-order valence-corrected chi connectivity index (χ0v) is 9.37. The van der Waals surface area contributed by atoms with E-state index in [0.717, 1.165) is 6.08 Å². The Morgan fingerprint density at radius 2 is 1.79 bits per heavy atom. The Hall–Kier alpha value is -0.610. The van der Waals surface area contributed by atoms with Crippen molar-refractivity contribution in [2.75, 3.05) is 27.5 Å². The molecule has 0 saturated heterocycles. The molecule has 0 spiro atoms. The second kappa shape index (κ2) is 5.98. The number of carbonyl (C=O) groups excluding carboxylic acids is 1. The van der Waals surface area contributed by atoms with Crippen molar-refractivity contribution in [2.24, 2.45) is 0 Å². The van der Waals surface area contributed by atoms with Crippen LogP contribution in [0.3, 0.4) is 0 Å². The van der Waals surface area contributed by atoms with Crippen LogP contribution in [0.2, 0.25) is 0 Å². The zero-order valence-electron chi connectivity index (χ0n) is 8.48. The summed E-state index contributed by atoms with van der Waals surface area (Å²) in [4.78, 5) is 11.0. The molecule has 0 aromatic rings. The molecule has 80 valence electrons. The van der Waals surface area contributed by atoms with Gasteiger partial charge in [-0.25, -0.2) is 4.79 Å². The lowest BCUT2D eigenvalue weighted by atomic mass is 10.6. The van der Waals surface area contributed by atoms with Crippen LogP contribution in [-0.2, 0) is 23.6 Å². The first-order chi connectivity index (χ1) is 6.55. The minimum atomic E-state index is -2.13. The van der Waals surface area contributed by atoms with Crippen molar-refractivity contribution in [3.05, 3.63) is 12.7 Å². The molecule has 0 saturated carbocycles. The van der Waals surface area contributed by atoms with Crippen molar-refractivity contribution in [1.29, 1.82) is 0 Å². The summed E-state index contributed by atoms with van der Waals surface area (Å²) in [7, 11) is 1.90. The van der Waals surface area contributed by atoms with E-state index in [1.807, 2.05) is 0 Å². The van der Waals surface area contributed by atoms with Crippen LogP contribution in [0.5, 0.6) is 0 Å².